The molecule has 0 aromatic heterocycles. The van der Waals surface area contributed by atoms with Crippen molar-refractivity contribution in [3.8, 4) is 0 Å². The number of rotatable bonds is 6. The molecule has 2 nitrogen and oxygen atoms in total. The zero-order chi connectivity index (χ0) is 10.5. The highest BCUT2D eigenvalue weighted by atomic mass is 16.5. The van der Waals surface area contributed by atoms with Crippen molar-refractivity contribution >= 4 is 0 Å². The molecule has 0 spiro atoms. The van der Waals surface area contributed by atoms with Crippen LogP contribution in [0, 0.1) is 0 Å². The Morgan fingerprint density at radius 3 is 2.47 bits per heavy atom. The monoisotopic (exact) mass is 205 g/mol. The number of methoxy groups -OCH3 is 1. The van der Waals surface area contributed by atoms with Gasteiger partial charge in [-0.05, 0) is 36.9 Å². The van der Waals surface area contributed by atoms with E-state index in [2.05, 4.69) is 29.6 Å². The fraction of sp³-hybridized carbons (Fsp3) is 0.538. The Labute approximate surface area is 91.6 Å². The average Bonchev–Trinajstić information content (AvgIpc) is 3.05. The van der Waals surface area contributed by atoms with E-state index < -0.39 is 0 Å². The lowest BCUT2D eigenvalue weighted by Gasteiger charge is -2.04. The summed E-state index contributed by atoms with van der Waals surface area (Å²) in [5.41, 5.74) is 2.65. The zero-order valence-corrected chi connectivity index (χ0v) is 9.33. The fourth-order valence-electron chi connectivity index (χ4n) is 1.68. The van der Waals surface area contributed by atoms with Gasteiger partial charge in [-0.25, -0.2) is 0 Å². The summed E-state index contributed by atoms with van der Waals surface area (Å²) in [6.45, 7) is 1.81. The third-order valence-electron chi connectivity index (χ3n) is 2.76. The minimum absolute atomic E-state index is 0.709. The molecule has 1 aromatic carbocycles. The van der Waals surface area contributed by atoms with Crippen LogP contribution in [0.25, 0.3) is 0 Å². The Hall–Kier alpha value is -0.860. The van der Waals surface area contributed by atoms with Gasteiger partial charge in [-0.2, -0.15) is 0 Å². The molecule has 0 bridgehead atoms. The second-order valence-electron chi connectivity index (χ2n) is 4.23. The summed E-state index contributed by atoms with van der Waals surface area (Å²) in [6, 6.07) is 9.51. The summed E-state index contributed by atoms with van der Waals surface area (Å²) < 4.78 is 5.08. The van der Waals surface area contributed by atoms with Gasteiger partial charge in [-0.1, -0.05) is 24.3 Å². The van der Waals surface area contributed by atoms with Crippen molar-refractivity contribution < 1.29 is 4.74 Å². The van der Waals surface area contributed by atoms with E-state index >= 15 is 0 Å². The second kappa shape index (κ2) is 5.29. The molecule has 1 N–H and O–H groups in total. The lowest BCUT2D eigenvalue weighted by Crippen LogP contribution is -2.19. The minimum atomic E-state index is 0.709. The third kappa shape index (κ3) is 3.65. The van der Waals surface area contributed by atoms with Gasteiger partial charge >= 0.3 is 0 Å². The van der Waals surface area contributed by atoms with E-state index in [9.17, 15) is 0 Å². The van der Waals surface area contributed by atoms with Crippen LogP contribution in [0.3, 0.4) is 0 Å². The van der Waals surface area contributed by atoms with Crippen LogP contribution < -0.4 is 5.32 Å². The SMILES string of the molecule is COCc1ccc(CCNC2CC2)cc1. The molecular formula is C13H19NO. The lowest BCUT2D eigenvalue weighted by atomic mass is 10.1. The maximum atomic E-state index is 5.08. The van der Waals surface area contributed by atoms with Crippen LogP contribution in [0.15, 0.2) is 24.3 Å². The number of hydrogen-bond donors (Lipinski definition) is 1. The normalized spacial score (nSPS) is 15.5. The molecule has 0 radical (unpaired) electrons. The Bertz CT molecular complexity index is 290. The maximum absolute atomic E-state index is 5.08. The summed E-state index contributed by atoms with van der Waals surface area (Å²) in [7, 11) is 1.73. The molecule has 0 atom stereocenters. The molecule has 1 aliphatic rings. The number of hydrogen-bond acceptors (Lipinski definition) is 2. The van der Waals surface area contributed by atoms with E-state index in [-0.39, 0.29) is 0 Å². The first-order valence-corrected chi connectivity index (χ1v) is 5.68. The molecule has 2 rings (SSSR count). The van der Waals surface area contributed by atoms with E-state index in [1.807, 2.05) is 0 Å². The Balaban J connectivity index is 1.75. The van der Waals surface area contributed by atoms with Crippen LogP contribution in [0.5, 0.6) is 0 Å². The molecule has 0 aliphatic heterocycles. The van der Waals surface area contributed by atoms with E-state index in [4.69, 9.17) is 4.74 Å². The van der Waals surface area contributed by atoms with Crippen LogP contribution in [0.2, 0.25) is 0 Å². The summed E-state index contributed by atoms with van der Waals surface area (Å²) in [4.78, 5) is 0. The Morgan fingerprint density at radius 1 is 1.20 bits per heavy atom. The first-order valence-electron chi connectivity index (χ1n) is 5.68. The van der Waals surface area contributed by atoms with Crippen molar-refractivity contribution in [2.45, 2.75) is 31.9 Å². The van der Waals surface area contributed by atoms with Gasteiger partial charge in [0.25, 0.3) is 0 Å². The van der Waals surface area contributed by atoms with Crippen molar-refractivity contribution in [3.63, 3.8) is 0 Å². The van der Waals surface area contributed by atoms with E-state index in [1.54, 1.807) is 7.11 Å². The van der Waals surface area contributed by atoms with Gasteiger partial charge in [-0.3, -0.25) is 0 Å². The minimum Gasteiger partial charge on any atom is -0.380 e. The quantitative estimate of drug-likeness (QED) is 0.768. The molecule has 0 saturated heterocycles. The standard InChI is InChI=1S/C13H19NO/c1-15-10-12-4-2-11(3-5-12)8-9-14-13-6-7-13/h2-5,13-14H,6-10H2,1H3. The average molecular weight is 205 g/mol. The van der Waals surface area contributed by atoms with Gasteiger partial charge in [0.15, 0.2) is 0 Å². The van der Waals surface area contributed by atoms with Gasteiger partial charge in [0.2, 0.25) is 0 Å². The summed E-state index contributed by atoms with van der Waals surface area (Å²) in [6.07, 6.45) is 3.86. The second-order valence-corrected chi connectivity index (χ2v) is 4.23. The first-order chi connectivity index (χ1) is 7.38. The van der Waals surface area contributed by atoms with Crippen molar-refractivity contribution in [2.24, 2.45) is 0 Å². The van der Waals surface area contributed by atoms with Crippen LogP contribution in [0.1, 0.15) is 24.0 Å². The molecule has 0 unspecified atom stereocenters. The summed E-state index contributed by atoms with van der Waals surface area (Å²) in [5, 5.41) is 3.52. The smallest absolute Gasteiger partial charge is 0.0713 e. The highest BCUT2D eigenvalue weighted by molar-refractivity contribution is 5.22. The predicted octanol–water partition coefficient (Wildman–Crippen LogP) is 2.13. The summed E-state index contributed by atoms with van der Waals surface area (Å²) >= 11 is 0. The van der Waals surface area contributed by atoms with Crippen molar-refractivity contribution in [2.75, 3.05) is 13.7 Å². The molecule has 1 aromatic rings. The maximum Gasteiger partial charge on any atom is 0.0713 e. The highest BCUT2D eigenvalue weighted by Gasteiger charge is 2.19. The molecule has 1 saturated carbocycles. The van der Waals surface area contributed by atoms with Crippen LogP contribution in [-0.2, 0) is 17.8 Å². The lowest BCUT2D eigenvalue weighted by molar-refractivity contribution is 0.185. The van der Waals surface area contributed by atoms with E-state index in [1.165, 1.54) is 24.0 Å². The highest BCUT2D eigenvalue weighted by Crippen LogP contribution is 2.18. The zero-order valence-electron chi connectivity index (χ0n) is 9.33. The Kier molecular flexibility index (Phi) is 3.75. The molecular weight excluding hydrogens is 186 g/mol. The fourth-order valence-corrected chi connectivity index (χ4v) is 1.68. The summed E-state index contributed by atoms with van der Waals surface area (Å²) in [5.74, 6) is 0. The molecule has 0 amide bonds. The molecule has 82 valence electrons. The molecule has 2 heteroatoms. The number of ether oxygens (including phenoxy) is 1. The molecule has 0 heterocycles. The third-order valence-corrected chi connectivity index (χ3v) is 2.76. The van der Waals surface area contributed by atoms with Crippen LogP contribution >= 0.6 is 0 Å². The van der Waals surface area contributed by atoms with E-state index in [0.717, 1.165) is 19.0 Å². The van der Waals surface area contributed by atoms with Crippen LogP contribution in [0.4, 0.5) is 0 Å². The van der Waals surface area contributed by atoms with Gasteiger partial charge in [0, 0.05) is 13.2 Å². The molecule has 15 heavy (non-hydrogen) atoms. The Morgan fingerprint density at radius 2 is 1.87 bits per heavy atom. The van der Waals surface area contributed by atoms with Crippen molar-refractivity contribution in [1.29, 1.82) is 0 Å². The van der Waals surface area contributed by atoms with Gasteiger partial charge in [-0.15, -0.1) is 0 Å². The van der Waals surface area contributed by atoms with E-state index in [0.29, 0.717) is 6.61 Å². The van der Waals surface area contributed by atoms with Gasteiger partial charge in [0.05, 0.1) is 6.61 Å². The van der Waals surface area contributed by atoms with Crippen molar-refractivity contribution in [1.82, 2.24) is 5.32 Å². The van der Waals surface area contributed by atoms with Gasteiger partial charge < -0.3 is 10.1 Å². The van der Waals surface area contributed by atoms with Crippen LogP contribution in [-0.4, -0.2) is 19.7 Å². The van der Waals surface area contributed by atoms with Crippen molar-refractivity contribution in [3.05, 3.63) is 35.4 Å². The predicted molar refractivity (Wildman–Crippen MR) is 61.9 cm³/mol. The first kappa shape index (κ1) is 10.7. The molecule has 1 fully saturated rings. The number of benzene rings is 1. The van der Waals surface area contributed by atoms with Gasteiger partial charge in [0.1, 0.15) is 0 Å². The largest absolute Gasteiger partial charge is 0.380 e. The molecule has 1 aliphatic carbocycles. The number of nitrogens with one attached hydrogen (secondary N) is 1. The topological polar surface area (TPSA) is 21.3 Å².